The number of unbranched alkanes of at least 4 members (excludes halogenated alkanes) is 1. The van der Waals surface area contributed by atoms with Crippen LogP contribution in [0.1, 0.15) is 77.6 Å². The summed E-state index contributed by atoms with van der Waals surface area (Å²) in [5.41, 5.74) is 0. The second-order valence-corrected chi connectivity index (χ2v) is 11.1. The Morgan fingerprint density at radius 1 is 0.816 bits per heavy atom. The van der Waals surface area contributed by atoms with Crippen molar-refractivity contribution in [1.82, 2.24) is 10.6 Å². The van der Waals surface area contributed by atoms with Gasteiger partial charge in [0.1, 0.15) is 6.04 Å². The number of carbonyl (C=O) groups excluding carboxylic acids is 3. The van der Waals surface area contributed by atoms with Gasteiger partial charge in [0.25, 0.3) is 0 Å². The van der Waals surface area contributed by atoms with Crippen LogP contribution in [-0.4, -0.2) is 50.6 Å². The molecule has 0 bridgehead atoms. The third-order valence-electron chi connectivity index (χ3n) is 8.71. The Hall–Kier alpha value is -2.69. The van der Waals surface area contributed by atoms with Crippen LogP contribution in [0, 0.1) is 47.3 Å². The zero-order valence-corrected chi connectivity index (χ0v) is 22.8. The molecule has 4 rings (SSSR count). The Labute approximate surface area is 227 Å². The van der Waals surface area contributed by atoms with Crippen molar-refractivity contribution in [3.63, 3.8) is 0 Å². The third-order valence-corrected chi connectivity index (χ3v) is 8.71. The van der Waals surface area contributed by atoms with Crippen LogP contribution in [0.2, 0.25) is 0 Å². The summed E-state index contributed by atoms with van der Waals surface area (Å²) in [6.45, 7) is 3.31. The van der Waals surface area contributed by atoms with Gasteiger partial charge >= 0.3 is 18.2 Å². The van der Waals surface area contributed by atoms with Gasteiger partial charge in [-0.05, 0) is 100 Å². The first-order valence-electron chi connectivity index (χ1n) is 14.7. The van der Waals surface area contributed by atoms with Crippen molar-refractivity contribution in [1.29, 1.82) is 0 Å². The van der Waals surface area contributed by atoms with E-state index in [1.165, 1.54) is 12.8 Å². The first-order valence-corrected chi connectivity index (χ1v) is 14.7. The monoisotopic (exact) mass is 528 g/mol. The van der Waals surface area contributed by atoms with Crippen LogP contribution in [0.3, 0.4) is 0 Å². The Kier molecular flexibility index (Phi) is 10.8. The lowest BCUT2D eigenvalue weighted by Crippen LogP contribution is -2.42. The quantitative estimate of drug-likeness (QED) is 0.122. The van der Waals surface area contributed by atoms with Crippen molar-refractivity contribution in [2.75, 3.05) is 26.4 Å². The predicted molar refractivity (Wildman–Crippen MR) is 143 cm³/mol. The van der Waals surface area contributed by atoms with E-state index in [-0.39, 0.29) is 12.7 Å². The van der Waals surface area contributed by atoms with E-state index in [2.05, 4.69) is 34.6 Å². The molecule has 210 valence electrons. The first kappa shape index (κ1) is 28.3. The summed E-state index contributed by atoms with van der Waals surface area (Å²) in [6.07, 6.45) is 13.9. The molecule has 0 spiro atoms. The molecule has 2 amide bonds. The summed E-state index contributed by atoms with van der Waals surface area (Å²) in [7, 11) is 0. The van der Waals surface area contributed by atoms with E-state index in [0.717, 1.165) is 38.5 Å². The molecule has 0 saturated heterocycles. The number of nitrogens with one attached hydrogen (secondary N) is 2. The highest BCUT2D eigenvalue weighted by atomic mass is 16.6. The maximum absolute atomic E-state index is 12.4. The van der Waals surface area contributed by atoms with Crippen molar-refractivity contribution in [3.8, 4) is 11.8 Å². The van der Waals surface area contributed by atoms with Crippen LogP contribution in [0.15, 0.2) is 12.2 Å². The molecular formula is C30H44N2O6. The average molecular weight is 529 g/mol. The van der Waals surface area contributed by atoms with Crippen LogP contribution < -0.4 is 10.6 Å². The fourth-order valence-corrected chi connectivity index (χ4v) is 6.46. The molecule has 8 heteroatoms. The van der Waals surface area contributed by atoms with Crippen LogP contribution in [-0.2, 0) is 19.0 Å². The highest BCUT2D eigenvalue weighted by molar-refractivity contribution is 5.81. The minimum absolute atomic E-state index is 0.242. The lowest BCUT2D eigenvalue weighted by Gasteiger charge is -2.17. The molecule has 0 aliphatic heterocycles. The molecule has 38 heavy (non-hydrogen) atoms. The van der Waals surface area contributed by atoms with E-state index in [0.29, 0.717) is 74.5 Å². The van der Waals surface area contributed by atoms with Gasteiger partial charge in [0, 0.05) is 19.4 Å². The van der Waals surface area contributed by atoms with Crippen molar-refractivity contribution >= 4 is 18.2 Å². The van der Waals surface area contributed by atoms with Gasteiger partial charge in [0.15, 0.2) is 0 Å². The standard InChI is InChI=1S/C30H44N2O6/c1-2-36-28(33)27(32-30(35)38-20-26-23-15-9-5-6-10-16-24(23)26)17-11-12-18-31-29(34)37-19-25-21-13-7-3-4-8-14-22(21)25/h3-4,21-27H,2,7-20H2,1H3,(H,31,34)(H,32,35)/b4-3-/t21-,22+,23-,24+,25-,26?,27-/m0/s1. The van der Waals surface area contributed by atoms with Gasteiger partial charge in [-0.25, -0.2) is 14.4 Å². The molecule has 0 aromatic heterocycles. The highest BCUT2D eigenvalue weighted by Gasteiger charge is 2.50. The number of alkyl carbamates (subject to hydrolysis) is 2. The molecule has 4 aliphatic carbocycles. The largest absolute Gasteiger partial charge is 0.464 e. The first-order chi connectivity index (χ1) is 18.6. The minimum Gasteiger partial charge on any atom is -0.464 e. The number of rotatable bonds is 12. The van der Waals surface area contributed by atoms with E-state index < -0.39 is 18.1 Å². The summed E-state index contributed by atoms with van der Waals surface area (Å²) >= 11 is 0. The van der Waals surface area contributed by atoms with Gasteiger partial charge in [-0.1, -0.05) is 12.2 Å². The van der Waals surface area contributed by atoms with Gasteiger partial charge in [-0.2, -0.15) is 0 Å². The van der Waals surface area contributed by atoms with E-state index in [1.54, 1.807) is 6.92 Å². The fraction of sp³-hybridized carbons (Fsp3) is 0.767. The molecule has 2 N–H and O–H groups in total. The molecule has 0 aromatic carbocycles. The average Bonchev–Trinajstić information content (AvgIpc) is 3.73. The molecule has 2 saturated carbocycles. The topological polar surface area (TPSA) is 103 Å². The minimum atomic E-state index is -0.767. The number of esters is 1. The number of fused-ring (bicyclic) bond motifs is 2. The SMILES string of the molecule is CCOC(=O)[C@H](CCCCNC(=O)OC[C@@H]1[C@@H]2CC/C=C\CC[C@@H]21)NC(=O)OCC1[C@H]2CCC#CCC[C@@H]12. The van der Waals surface area contributed by atoms with E-state index in [1.807, 2.05) is 0 Å². The smallest absolute Gasteiger partial charge is 0.407 e. The maximum atomic E-state index is 12.4. The zero-order chi connectivity index (χ0) is 26.7. The van der Waals surface area contributed by atoms with Crippen LogP contribution in [0.25, 0.3) is 0 Å². The highest BCUT2D eigenvalue weighted by Crippen LogP contribution is 2.53. The van der Waals surface area contributed by atoms with Crippen molar-refractivity contribution in [2.24, 2.45) is 35.5 Å². The second kappa shape index (κ2) is 14.5. The normalized spacial score (nSPS) is 30.6. The Morgan fingerprint density at radius 2 is 1.39 bits per heavy atom. The summed E-state index contributed by atoms with van der Waals surface area (Å²) in [5.74, 6) is 9.39. The molecule has 1 unspecified atom stereocenters. The van der Waals surface area contributed by atoms with Crippen LogP contribution >= 0.6 is 0 Å². The van der Waals surface area contributed by atoms with Gasteiger partial charge in [-0.15, -0.1) is 11.8 Å². The zero-order valence-electron chi connectivity index (χ0n) is 22.8. The lowest BCUT2D eigenvalue weighted by atomic mass is 10.1. The number of allylic oxidation sites excluding steroid dienone is 2. The molecule has 0 aromatic rings. The van der Waals surface area contributed by atoms with Crippen molar-refractivity contribution in [2.45, 2.75) is 83.6 Å². The molecule has 0 heterocycles. The number of amides is 2. The lowest BCUT2D eigenvalue weighted by molar-refractivity contribution is -0.145. The molecule has 2 fully saturated rings. The Balaban J connectivity index is 1.08. The Bertz CT molecular complexity index is 874. The molecule has 7 atom stereocenters. The van der Waals surface area contributed by atoms with Crippen molar-refractivity contribution in [3.05, 3.63) is 12.2 Å². The molecule has 4 aliphatic rings. The summed E-state index contributed by atoms with van der Waals surface area (Å²) in [4.78, 5) is 36.9. The summed E-state index contributed by atoms with van der Waals surface area (Å²) in [6, 6.07) is -0.767. The van der Waals surface area contributed by atoms with Gasteiger partial charge in [0.05, 0.1) is 19.8 Å². The number of ether oxygens (including phenoxy) is 3. The third kappa shape index (κ3) is 8.41. The Morgan fingerprint density at radius 3 is 2.00 bits per heavy atom. The number of hydrogen-bond acceptors (Lipinski definition) is 6. The van der Waals surface area contributed by atoms with E-state index >= 15 is 0 Å². The molecular weight excluding hydrogens is 484 g/mol. The van der Waals surface area contributed by atoms with Gasteiger partial charge in [-0.3, -0.25) is 0 Å². The molecule has 8 nitrogen and oxygen atoms in total. The van der Waals surface area contributed by atoms with Crippen LogP contribution in [0.4, 0.5) is 9.59 Å². The van der Waals surface area contributed by atoms with E-state index in [4.69, 9.17) is 14.2 Å². The number of hydrogen-bond donors (Lipinski definition) is 2. The van der Waals surface area contributed by atoms with E-state index in [9.17, 15) is 14.4 Å². The summed E-state index contributed by atoms with van der Waals surface area (Å²) < 4.78 is 16.1. The predicted octanol–water partition coefficient (Wildman–Crippen LogP) is 4.97. The van der Waals surface area contributed by atoms with Crippen LogP contribution in [0.5, 0.6) is 0 Å². The molecule has 0 radical (unpaired) electrons. The summed E-state index contributed by atoms with van der Waals surface area (Å²) in [5, 5.41) is 5.49. The van der Waals surface area contributed by atoms with Gasteiger partial charge in [0.2, 0.25) is 0 Å². The van der Waals surface area contributed by atoms with Crippen molar-refractivity contribution < 1.29 is 28.6 Å². The fourth-order valence-electron chi connectivity index (χ4n) is 6.46. The van der Waals surface area contributed by atoms with Gasteiger partial charge < -0.3 is 24.8 Å². The maximum Gasteiger partial charge on any atom is 0.407 e. The number of carbonyl (C=O) groups is 3. The second-order valence-electron chi connectivity index (χ2n) is 11.1.